The molecule has 1 N–H and O–H groups in total. The zero-order valence-corrected chi connectivity index (χ0v) is 20.5. The number of fused-ring (bicyclic) bond motifs is 3. The van der Waals surface area contributed by atoms with Gasteiger partial charge >= 0.3 is 6.09 Å². The highest BCUT2D eigenvalue weighted by Gasteiger charge is 2.35. The summed E-state index contributed by atoms with van der Waals surface area (Å²) in [6, 6.07) is 23.9. The van der Waals surface area contributed by atoms with Crippen LogP contribution < -0.4 is 5.32 Å². The lowest BCUT2D eigenvalue weighted by atomic mass is 10.0. The van der Waals surface area contributed by atoms with Crippen LogP contribution in [0.1, 0.15) is 29.5 Å². The van der Waals surface area contributed by atoms with E-state index in [1.165, 1.54) is 38.5 Å². The monoisotopic (exact) mass is 495 g/mol. The van der Waals surface area contributed by atoms with Gasteiger partial charge in [-0.15, -0.1) is 11.3 Å². The Morgan fingerprint density at radius 2 is 1.81 bits per heavy atom. The van der Waals surface area contributed by atoms with Crippen LogP contribution in [0.4, 0.5) is 9.93 Å². The van der Waals surface area contributed by atoms with Crippen molar-refractivity contribution in [3.8, 4) is 22.4 Å². The summed E-state index contributed by atoms with van der Waals surface area (Å²) in [5, 5.41) is 5.41. The number of thiazole rings is 1. The third-order valence-electron chi connectivity index (χ3n) is 6.82. The molecule has 1 aromatic heterocycles. The van der Waals surface area contributed by atoms with Gasteiger partial charge in [-0.05, 0) is 53.1 Å². The average molecular weight is 496 g/mol. The molecule has 1 aliphatic heterocycles. The van der Waals surface area contributed by atoms with Crippen molar-refractivity contribution in [1.29, 1.82) is 0 Å². The molecule has 2 amide bonds. The lowest BCUT2D eigenvalue weighted by Crippen LogP contribution is -2.43. The quantitative estimate of drug-likeness (QED) is 0.319. The van der Waals surface area contributed by atoms with Crippen LogP contribution >= 0.6 is 11.3 Å². The Labute approximate surface area is 213 Å². The van der Waals surface area contributed by atoms with Gasteiger partial charge in [0.15, 0.2) is 5.13 Å². The maximum atomic E-state index is 13.0. The molecule has 1 saturated heterocycles. The topological polar surface area (TPSA) is 71.5 Å². The molecular weight excluding hydrogens is 470 g/mol. The largest absolute Gasteiger partial charge is 0.445 e. The van der Waals surface area contributed by atoms with Crippen molar-refractivity contribution < 1.29 is 14.3 Å². The molecule has 0 radical (unpaired) electrons. The van der Waals surface area contributed by atoms with Crippen molar-refractivity contribution >= 4 is 28.5 Å². The van der Waals surface area contributed by atoms with Crippen LogP contribution in [0.2, 0.25) is 0 Å². The second-order valence-electron chi connectivity index (χ2n) is 9.12. The number of likely N-dealkylation sites (tertiary alicyclic amines) is 1. The molecule has 1 atom stereocenters. The molecule has 2 aliphatic rings. The van der Waals surface area contributed by atoms with Gasteiger partial charge in [0, 0.05) is 17.5 Å². The van der Waals surface area contributed by atoms with Gasteiger partial charge in [0.2, 0.25) is 5.91 Å². The van der Waals surface area contributed by atoms with Gasteiger partial charge < -0.3 is 10.1 Å². The molecule has 0 bridgehead atoms. The second-order valence-corrected chi connectivity index (χ2v) is 9.98. The van der Waals surface area contributed by atoms with Gasteiger partial charge in [-0.3, -0.25) is 9.69 Å². The first kappa shape index (κ1) is 22.5. The summed E-state index contributed by atoms with van der Waals surface area (Å²) < 4.78 is 5.46. The third kappa shape index (κ3) is 4.38. The number of anilines is 1. The maximum Gasteiger partial charge on any atom is 0.410 e. The first-order valence-electron chi connectivity index (χ1n) is 12.1. The smallest absolute Gasteiger partial charge is 0.410 e. The van der Waals surface area contributed by atoms with E-state index in [4.69, 9.17) is 4.74 Å². The maximum absolute atomic E-state index is 13.0. The van der Waals surface area contributed by atoms with E-state index in [9.17, 15) is 9.59 Å². The Morgan fingerprint density at radius 3 is 2.69 bits per heavy atom. The molecule has 36 heavy (non-hydrogen) atoms. The van der Waals surface area contributed by atoms with E-state index in [-0.39, 0.29) is 12.5 Å². The molecule has 1 unspecified atom stereocenters. The first-order valence-corrected chi connectivity index (χ1v) is 13.0. The van der Waals surface area contributed by atoms with Crippen LogP contribution in [0, 0.1) is 0 Å². The fourth-order valence-corrected chi connectivity index (χ4v) is 5.74. The van der Waals surface area contributed by atoms with Gasteiger partial charge in [0.25, 0.3) is 0 Å². The highest BCUT2D eigenvalue weighted by molar-refractivity contribution is 7.14. The van der Waals surface area contributed by atoms with Crippen molar-refractivity contribution in [2.75, 3.05) is 11.9 Å². The molecule has 6 nitrogen and oxygen atoms in total. The normalized spacial score (nSPS) is 15.9. The van der Waals surface area contributed by atoms with E-state index in [1.807, 2.05) is 35.7 Å². The second kappa shape index (κ2) is 9.59. The first-order chi connectivity index (χ1) is 17.7. The van der Waals surface area contributed by atoms with E-state index in [0.717, 1.165) is 29.7 Å². The lowest BCUT2D eigenvalue weighted by Gasteiger charge is -2.22. The number of carbonyl (C=O) groups is 2. The van der Waals surface area contributed by atoms with Crippen LogP contribution in [0.15, 0.2) is 78.2 Å². The Morgan fingerprint density at radius 1 is 1.00 bits per heavy atom. The molecule has 0 saturated carbocycles. The Bertz CT molecular complexity index is 1430. The van der Waals surface area contributed by atoms with Gasteiger partial charge in [0.05, 0.1) is 5.69 Å². The Balaban J connectivity index is 1.11. The summed E-state index contributed by atoms with van der Waals surface area (Å²) in [4.78, 5) is 31.9. The number of aromatic nitrogens is 1. The van der Waals surface area contributed by atoms with Gasteiger partial charge in [-0.2, -0.15) is 0 Å². The molecule has 180 valence electrons. The number of benzene rings is 3. The Hall–Kier alpha value is -3.97. The van der Waals surface area contributed by atoms with E-state index >= 15 is 0 Å². The van der Waals surface area contributed by atoms with Crippen LogP contribution in [0.25, 0.3) is 22.4 Å². The summed E-state index contributed by atoms with van der Waals surface area (Å²) in [6.45, 7) is 0.693. The van der Waals surface area contributed by atoms with Crippen molar-refractivity contribution in [3.05, 3.63) is 94.9 Å². The Kier molecular flexibility index (Phi) is 5.99. The van der Waals surface area contributed by atoms with Crippen molar-refractivity contribution in [2.45, 2.75) is 31.9 Å². The van der Waals surface area contributed by atoms with Crippen LogP contribution in [-0.2, 0) is 22.6 Å². The minimum atomic E-state index is -0.556. The zero-order chi connectivity index (χ0) is 24.5. The SMILES string of the molecule is O=C(Nc1nc(-c2ccc3c(c2)Cc2ccccc2-3)cs1)C1CCCN1C(=O)OCc1ccccc1. The number of nitrogens with zero attached hydrogens (tertiary/aromatic N) is 2. The molecule has 2 heterocycles. The molecule has 4 aromatic rings. The fourth-order valence-electron chi connectivity index (χ4n) is 5.02. The third-order valence-corrected chi connectivity index (χ3v) is 7.58. The number of nitrogens with one attached hydrogen (secondary N) is 1. The molecule has 1 fully saturated rings. The van der Waals surface area contributed by atoms with Crippen molar-refractivity contribution in [2.24, 2.45) is 0 Å². The van der Waals surface area contributed by atoms with E-state index < -0.39 is 12.1 Å². The zero-order valence-electron chi connectivity index (χ0n) is 19.6. The molecule has 6 rings (SSSR count). The molecular formula is C29H25N3O3S. The predicted molar refractivity (Wildman–Crippen MR) is 141 cm³/mol. The number of carbonyl (C=O) groups excluding carboxylic acids is 2. The lowest BCUT2D eigenvalue weighted by molar-refractivity contribution is -0.120. The van der Waals surface area contributed by atoms with E-state index in [1.54, 1.807) is 0 Å². The minimum Gasteiger partial charge on any atom is -0.445 e. The molecule has 7 heteroatoms. The predicted octanol–water partition coefficient (Wildman–Crippen LogP) is 6.12. The number of hydrogen-bond donors (Lipinski definition) is 1. The molecule has 3 aromatic carbocycles. The van der Waals surface area contributed by atoms with Crippen LogP contribution in [-0.4, -0.2) is 34.5 Å². The number of amides is 2. The van der Waals surface area contributed by atoms with E-state index in [0.29, 0.717) is 18.1 Å². The number of ether oxygens (including phenoxy) is 1. The fraction of sp³-hybridized carbons (Fsp3) is 0.207. The highest BCUT2D eigenvalue weighted by atomic mass is 32.1. The van der Waals surface area contributed by atoms with Crippen LogP contribution in [0.5, 0.6) is 0 Å². The summed E-state index contributed by atoms with van der Waals surface area (Å²) in [5.74, 6) is -0.227. The molecule has 1 aliphatic carbocycles. The number of rotatable bonds is 5. The van der Waals surface area contributed by atoms with Crippen LogP contribution in [0.3, 0.4) is 0 Å². The van der Waals surface area contributed by atoms with Gasteiger partial charge in [0.1, 0.15) is 12.6 Å². The summed E-state index contributed by atoms with van der Waals surface area (Å²) >= 11 is 1.39. The van der Waals surface area contributed by atoms with Crippen molar-refractivity contribution in [3.63, 3.8) is 0 Å². The summed E-state index contributed by atoms with van der Waals surface area (Å²) in [6.07, 6.45) is 1.83. The minimum absolute atomic E-state index is 0.187. The molecule has 0 spiro atoms. The highest BCUT2D eigenvalue weighted by Crippen LogP contribution is 2.38. The van der Waals surface area contributed by atoms with Crippen molar-refractivity contribution in [1.82, 2.24) is 9.88 Å². The number of hydrogen-bond acceptors (Lipinski definition) is 5. The van der Waals surface area contributed by atoms with Gasteiger partial charge in [-0.1, -0.05) is 66.7 Å². The summed E-state index contributed by atoms with van der Waals surface area (Å²) in [7, 11) is 0. The standard InChI is InChI=1S/C29H25N3O3S/c33-27(26-11-6-14-32(26)29(34)35-17-19-7-2-1-3-8-19)31-28-30-25(18-36-28)21-12-13-24-22(16-21)15-20-9-4-5-10-23(20)24/h1-5,7-10,12-13,16,18,26H,6,11,14-15,17H2,(H,30,31,33). The van der Waals surface area contributed by atoms with E-state index in [2.05, 4.69) is 52.8 Å². The average Bonchev–Trinajstić information content (AvgIpc) is 3.66. The van der Waals surface area contributed by atoms with Gasteiger partial charge in [-0.25, -0.2) is 9.78 Å². The summed E-state index contributed by atoms with van der Waals surface area (Å²) in [5.41, 5.74) is 8.00.